The van der Waals surface area contributed by atoms with Gasteiger partial charge in [-0.15, -0.1) is 0 Å². The fraction of sp³-hybridized carbons (Fsp3) is 0.0833. The topological polar surface area (TPSA) is 82.3 Å². The number of hydrogen-bond donors (Lipinski definition) is 1. The van der Waals surface area contributed by atoms with Crippen LogP contribution < -0.4 is 9.92 Å². The Bertz CT molecular complexity index is 792. The summed E-state index contributed by atoms with van der Waals surface area (Å²) in [6.45, 7) is 0. The number of pyridine rings is 1. The second-order valence-corrected chi connectivity index (χ2v) is 6.07. The molecule has 0 amide bonds. The summed E-state index contributed by atoms with van der Waals surface area (Å²) in [7, 11) is -4.28. The summed E-state index contributed by atoms with van der Waals surface area (Å²) in [5.41, 5.74) is 4.65. The van der Waals surface area contributed by atoms with E-state index in [4.69, 9.17) is 17.3 Å². The van der Waals surface area contributed by atoms with Gasteiger partial charge in [-0.3, -0.25) is 0 Å². The maximum absolute atomic E-state index is 12.5. The molecule has 0 aliphatic heterocycles. The van der Waals surface area contributed by atoms with Crippen molar-refractivity contribution in [1.82, 2.24) is 4.98 Å². The molecule has 0 radical (unpaired) electrons. The molecule has 5 nitrogen and oxygen atoms in total. The molecular weight excluding hydrogens is 345 g/mol. The molecule has 1 heterocycles. The third-order valence-electron chi connectivity index (χ3n) is 2.49. The van der Waals surface area contributed by atoms with Gasteiger partial charge in [0.1, 0.15) is 9.92 Å². The largest absolute Gasteiger partial charge is 0.417 e. The van der Waals surface area contributed by atoms with Crippen LogP contribution in [-0.2, 0) is 16.3 Å². The summed E-state index contributed by atoms with van der Waals surface area (Å²) in [6.07, 6.45) is -4.22. The van der Waals surface area contributed by atoms with E-state index >= 15 is 0 Å². The predicted octanol–water partition coefficient (Wildman–Crippen LogP) is 3.10. The van der Waals surface area contributed by atoms with Gasteiger partial charge in [0.15, 0.2) is 0 Å². The van der Waals surface area contributed by atoms with Crippen molar-refractivity contribution < 1.29 is 25.8 Å². The molecule has 0 bridgehead atoms. The zero-order valence-corrected chi connectivity index (χ0v) is 12.2. The number of hydrogen-bond acceptors (Lipinski definition) is 5. The molecule has 2 aromatic rings. The van der Waals surface area contributed by atoms with Crippen LogP contribution in [0.25, 0.3) is 0 Å². The highest BCUT2D eigenvalue weighted by Gasteiger charge is 2.32. The highest BCUT2D eigenvalue weighted by Crippen LogP contribution is 2.33. The SMILES string of the molecule is Nc1ccc(S(=O)(=O)Oc2ncc(C(F)(F)F)cc2Cl)cc1. The Hall–Kier alpha value is -2.00. The van der Waals surface area contributed by atoms with Crippen LogP contribution in [0.1, 0.15) is 5.56 Å². The van der Waals surface area contributed by atoms with Crippen LogP contribution in [0.2, 0.25) is 5.02 Å². The summed E-state index contributed by atoms with van der Waals surface area (Å²) in [4.78, 5) is 3.06. The van der Waals surface area contributed by atoms with E-state index in [9.17, 15) is 21.6 Å². The standard InChI is InChI=1S/C12H8ClF3N2O3S/c13-10-5-7(12(14,15)16)6-18-11(10)21-22(19,20)9-3-1-8(17)2-4-9/h1-6H,17H2. The fourth-order valence-corrected chi connectivity index (χ4v) is 2.59. The van der Waals surface area contributed by atoms with Crippen molar-refractivity contribution >= 4 is 27.4 Å². The summed E-state index contributed by atoms with van der Waals surface area (Å²) in [5.74, 6) is -0.647. The molecule has 0 saturated heterocycles. The molecule has 0 fully saturated rings. The highest BCUT2D eigenvalue weighted by molar-refractivity contribution is 7.87. The van der Waals surface area contributed by atoms with Crippen molar-refractivity contribution in [3.05, 3.63) is 47.1 Å². The number of anilines is 1. The van der Waals surface area contributed by atoms with Crippen LogP contribution in [-0.4, -0.2) is 13.4 Å². The molecule has 0 spiro atoms. The number of nitrogen functional groups attached to an aromatic ring is 1. The minimum absolute atomic E-state index is 0.237. The van der Waals surface area contributed by atoms with Gasteiger partial charge in [0.05, 0.1) is 5.56 Å². The number of alkyl halides is 3. The molecule has 0 saturated carbocycles. The number of halogens is 4. The summed E-state index contributed by atoms with van der Waals surface area (Å²) < 4.78 is 66.0. The van der Waals surface area contributed by atoms with Gasteiger partial charge in [0.2, 0.25) is 0 Å². The van der Waals surface area contributed by atoms with Crippen molar-refractivity contribution in [3.8, 4) is 5.88 Å². The minimum atomic E-state index is -4.65. The smallest absolute Gasteiger partial charge is 0.399 e. The Morgan fingerprint density at radius 2 is 1.77 bits per heavy atom. The molecular formula is C12H8ClF3N2O3S. The van der Waals surface area contributed by atoms with Crippen LogP contribution >= 0.6 is 11.6 Å². The van der Waals surface area contributed by atoms with E-state index in [-0.39, 0.29) is 4.90 Å². The van der Waals surface area contributed by atoms with Gasteiger partial charge >= 0.3 is 16.3 Å². The lowest BCUT2D eigenvalue weighted by Crippen LogP contribution is -2.12. The van der Waals surface area contributed by atoms with Crippen molar-refractivity contribution in [2.24, 2.45) is 0 Å². The molecule has 10 heteroatoms. The first kappa shape index (κ1) is 16.4. The maximum Gasteiger partial charge on any atom is 0.417 e. The maximum atomic E-state index is 12.5. The Kier molecular flexibility index (Phi) is 4.21. The Labute approximate surface area is 128 Å². The first-order valence-corrected chi connectivity index (χ1v) is 7.41. The van der Waals surface area contributed by atoms with E-state index < -0.39 is 32.8 Å². The molecule has 2 rings (SSSR count). The number of aromatic nitrogens is 1. The summed E-state index contributed by atoms with van der Waals surface area (Å²) in [5, 5.41) is -0.575. The lowest BCUT2D eigenvalue weighted by Gasteiger charge is -2.10. The van der Waals surface area contributed by atoms with Crippen molar-refractivity contribution in [3.63, 3.8) is 0 Å². The van der Waals surface area contributed by atoms with Gasteiger partial charge in [-0.1, -0.05) is 11.6 Å². The zero-order valence-electron chi connectivity index (χ0n) is 10.6. The molecule has 1 aromatic heterocycles. The number of benzene rings is 1. The molecule has 118 valence electrons. The lowest BCUT2D eigenvalue weighted by atomic mass is 10.3. The molecule has 0 aliphatic rings. The van der Waals surface area contributed by atoms with Gasteiger partial charge in [-0.2, -0.15) is 21.6 Å². The molecule has 0 aliphatic carbocycles. The van der Waals surface area contributed by atoms with Crippen molar-refractivity contribution in [2.75, 3.05) is 5.73 Å². The number of rotatable bonds is 3. The van der Waals surface area contributed by atoms with Crippen LogP contribution in [0.15, 0.2) is 41.4 Å². The summed E-state index contributed by atoms with van der Waals surface area (Å²) in [6, 6.07) is 5.56. The Morgan fingerprint density at radius 1 is 1.18 bits per heavy atom. The first-order valence-electron chi connectivity index (χ1n) is 5.62. The van der Waals surface area contributed by atoms with Crippen LogP contribution in [0.5, 0.6) is 5.88 Å². The van der Waals surface area contributed by atoms with Crippen molar-refractivity contribution in [2.45, 2.75) is 11.1 Å². The third kappa shape index (κ3) is 3.60. The van der Waals surface area contributed by atoms with Crippen LogP contribution in [0, 0.1) is 0 Å². The average molecular weight is 353 g/mol. The van der Waals surface area contributed by atoms with E-state index in [1.165, 1.54) is 24.3 Å². The normalized spacial score (nSPS) is 12.2. The van der Waals surface area contributed by atoms with Crippen molar-refractivity contribution in [1.29, 1.82) is 0 Å². The van der Waals surface area contributed by atoms with Gasteiger partial charge in [-0.05, 0) is 30.3 Å². The monoisotopic (exact) mass is 352 g/mol. The van der Waals surface area contributed by atoms with E-state index in [0.29, 0.717) is 18.0 Å². The van der Waals surface area contributed by atoms with E-state index in [2.05, 4.69) is 9.17 Å². The quantitative estimate of drug-likeness (QED) is 0.678. The van der Waals surface area contributed by atoms with Gasteiger partial charge in [-0.25, -0.2) is 4.98 Å². The average Bonchev–Trinajstić information content (AvgIpc) is 2.40. The zero-order chi connectivity index (χ0) is 16.5. The summed E-state index contributed by atoms with van der Waals surface area (Å²) >= 11 is 5.58. The second kappa shape index (κ2) is 5.65. The Balaban J connectivity index is 2.32. The van der Waals surface area contributed by atoms with E-state index in [1.54, 1.807) is 0 Å². The van der Waals surface area contributed by atoms with Crippen LogP contribution in [0.3, 0.4) is 0 Å². The Morgan fingerprint density at radius 3 is 2.27 bits per heavy atom. The predicted molar refractivity (Wildman–Crippen MR) is 72.9 cm³/mol. The van der Waals surface area contributed by atoms with E-state index in [1.807, 2.05) is 0 Å². The van der Waals surface area contributed by atoms with Gasteiger partial charge in [0.25, 0.3) is 5.88 Å². The second-order valence-electron chi connectivity index (χ2n) is 4.12. The third-order valence-corrected chi connectivity index (χ3v) is 3.99. The lowest BCUT2D eigenvalue weighted by molar-refractivity contribution is -0.137. The minimum Gasteiger partial charge on any atom is -0.399 e. The van der Waals surface area contributed by atoms with Gasteiger partial charge < -0.3 is 9.92 Å². The van der Waals surface area contributed by atoms with Crippen LogP contribution in [0.4, 0.5) is 18.9 Å². The number of nitrogens with zero attached hydrogens (tertiary/aromatic N) is 1. The molecule has 2 N–H and O–H groups in total. The van der Waals surface area contributed by atoms with Gasteiger partial charge in [0, 0.05) is 11.9 Å². The first-order chi connectivity index (χ1) is 10.1. The molecule has 1 aromatic carbocycles. The fourth-order valence-electron chi connectivity index (χ4n) is 1.43. The van der Waals surface area contributed by atoms with E-state index in [0.717, 1.165) is 0 Å². The number of nitrogens with two attached hydrogens (primary N) is 1. The molecule has 0 unspecified atom stereocenters. The highest BCUT2D eigenvalue weighted by atomic mass is 35.5. The molecule has 22 heavy (non-hydrogen) atoms. The molecule has 0 atom stereocenters.